The molecule has 1 rings (SSSR count). The fourth-order valence-corrected chi connectivity index (χ4v) is 1.85. The number of ether oxygens (including phenoxy) is 2. The average molecular weight is 269 g/mol. The normalized spacial score (nSPS) is 13.6. The third-order valence-electron chi connectivity index (χ3n) is 2.68. The smallest absolute Gasteiger partial charge is 0.337 e. The molecular weight excluding hydrogens is 250 g/mol. The molecule has 0 aliphatic carbocycles. The number of nitrogens with zero attached hydrogens (tertiary/aromatic N) is 1. The molecule has 0 fully saturated rings. The van der Waals surface area contributed by atoms with E-state index in [4.69, 9.17) is 4.74 Å². The van der Waals surface area contributed by atoms with Crippen LogP contribution in [-0.4, -0.2) is 42.9 Å². The van der Waals surface area contributed by atoms with Crippen molar-refractivity contribution in [3.8, 4) is 5.75 Å². The summed E-state index contributed by atoms with van der Waals surface area (Å²) in [6.07, 6.45) is -1.89. The molecule has 1 aromatic carbocycles. The first kappa shape index (κ1) is 15.3. The molecule has 0 spiro atoms. The van der Waals surface area contributed by atoms with Gasteiger partial charge in [0.2, 0.25) is 0 Å². The van der Waals surface area contributed by atoms with Crippen molar-refractivity contribution in [2.45, 2.75) is 26.3 Å². The molecule has 0 heterocycles. The quantitative estimate of drug-likeness (QED) is 0.612. The minimum atomic E-state index is -0.943. The second-order valence-corrected chi connectivity index (χ2v) is 4.05. The summed E-state index contributed by atoms with van der Waals surface area (Å²) in [5.41, 5.74) is 0.722. The summed E-state index contributed by atoms with van der Waals surface area (Å²) in [6.45, 7) is 3.02. The Labute approximate surface area is 112 Å². The zero-order chi connectivity index (χ0) is 14.6. The summed E-state index contributed by atoms with van der Waals surface area (Å²) < 4.78 is 9.82. The van der Waals surface area contributed by atoms with Crippen LogP contribution in [0.2, 0.25) is 0 Å². The van der Waals surface area contributed by atoms with Crippen molar-refractivity contribution in [3.05, 3.63) is 23.8 Å². The van der Waals surface area contributed by atoms with Crippen LogP contribution in [-0.2, 0) is 4.74 Å². The number of hydrogen-bond acceptors (Lipinski definition) is 6. The van der Waals surface area contributed by atoms with Crippen molar-refractivity contribution in [2.24, 2.45) is 0 Å². The van der Waals surface area contributed by atoms with Crippen molar-refractivity contribution in [1.29, 1.82) is 0 Å². The second-order valence-electron chi connectivity index (χ2n) is 4.05. The molecule has 106 valence electrons. The van der Waals surface area contributed by atoms with Crippen LogP contribution in [0.15, 0.2) is 18.2 Å². The number of aliphatic hydroxyl groups excluding tert-OH is 2. The van der Waals surface area contributed by atoms with Crippen LogP contribution in [0.3, 0.4) is 0 Å². The molecule has 2 N–H and O–H groups in total. The first-order valence-electron chi connectivity index (χ1n) is 5.83. The monoisotopic (exact) mass is 269 g/mol. The average Bonchev–Trinajstić information content (AvgIpc) is 2.36. The third kappa shape index (κ3) is 3.36. The number of benzene rings is 1. The predicted molar refractivity (Wildman–Crippen MR) is 70.2 cm³/mol. The van der Waals surface area contributed by atoms with Gasteiger partial charge >= 0.3 is 5.97 Å². The Hall–Kier alpha value is -1.79. The van der Waals surface area contributed by atoms with Gasteiger partial charge in [0.25, 0.3) is 0 Å². The lowest BCUT2D eigenvalue weighted by Gasteiger charge is -2.31. The number of esters is 1. The van der Waals surface area contributed by atoms with Gasteiger partial charge in [-0.25, -0.2) is 4.79 Å². The largest absolute Gasteiger partial charge is 0.495 e. The van der Waals surface area contributed by atoms with Gasteiger partial charge in [-0.2, -0.15) is 0 Å². The number of rotatable bonds is 5. The van der Waals surface area contributed by atoms with Crippen molar-refractivity contribution in [2.75, 3.05) is 19.1 Å². The van der Waals surface area contributed by atoms with Gasteiger partial charge in [0, 0.05) is 0 Å². The van der Waals surface area contributed by atoms with E-state index in [1.54, 1.807) is 12.1 Å². The van der Waals surface area contributed by atoms with Crippen LogP contribution in [0, 0.1) is 0 Å². The Balaban J connectivity index is 3.32. The number of methoxy groups -OCH3 is 2. The van der Waals surface area contributed by atoms with E-state index < -0.39 is 18.4 Å². The molecule has 1 aromatic rings. The molecule has 6 nitrogen and oxygen atoms in total. The van der Waals surface area contributed by atoms with Crippen LogP contribution in [0.5, 0.6) is 5.75 Å². The molecule has 0 saturated carbocycles. The van der Waals surface area contributed by atoms with Gasteiger partial charge in [-0.15, -0.1) is 0 Å². The highest BCUT2D eigenvalue weighted by atomic mass is 16.5. The second kappa shape index (κ2) is 6.40. The van der Waals surface area contributed by atoms with Gasteiger partial charge in [0.1, 0.15) is 18.2 Å². The number of carbonyl (C=O) groups is 1. The Kier molecular flexibility index (Phi) is 5.14. The number of aliphatic hydroxyl groups is 2. The molecule has 2 unspecified atom stereocenters. The zero-order valence-corrected chi connectivity index (χ0v) is 11.5. The first-order chi connectivity index (χ1) is 8.92. The molecule has 6 heteroatoms. The summed E-state index contributed by atoms with van der Waals surface area (Å²) in [5, 5.41) is 19.5. The Morgan fingerprint density at radius 1 is 1.21 bits per heavy atom. The van der Waals surface area contributed by atoms with Crippen LogP contribution in [0.1, 0.15) is 24.2 Å². The first-order valence-corrected chi connectivity index (χ1v) is 5.83. The Morgan fingerprint density at radius 3 is 2.21 bits per heavy atom. The minimum absolute atomic E-state index is 0.310. The fraction of sp³-hybridized carbons (Fsp3) is 0.462. The van der Waals surface area contributed by atoms with E-state index in [1.165, 1.54) is 39.0 Å². The molecular formula is C13H19NO5. The van der Waals surface area contributed by atoms with E-state index in [9.17, 15) is 15.0 Å². The Bertz CT molecular complexity index is 437. The molecule has 0 aliphatic rings. The summed E-state index contributed by atoms with van der Waals surface area (Å²) in [7, 11) is 2.76. The van der Waals surface area contributed by atoms with Gasteiger partial charge in [0.15, 0.2) is 0 Å². The number of carbonyl (C=O) groups excluding carboxylic acids is 1. The fourth-order valence-electron chi connectivity index (χ4n) is 1.85. The minimum Gasteiger partial charge on any atom is -0.495 e. The SMILES string of the molecule is COC(=O)c1ccc(OC)c(N(C(C)O)C(C)O)c1. The molecule has 2 atom stereocenters. The van der Waals surface area contributed by atoms with E-state index in [-0.39, 0.29) is 0 Å². The molecule has 19 heavy (non-hydrogen) atoms. The van der Waals surface area contributed by atoms with E-state index in [1.807, 2.05) is 0 Å². The van der Waals surface area contributed by atoms with Crippen LogP contribution in [0.25, 0.3) is 0 Å². The maximum atomic E-state index is 11.5. The molecule has 0 aliphatic heterocycles. The lowest BCUT2D eigenvalue weighted by atomic mass is 10.1. The molecule has 0 bridgehead atoms. The maximum Gasteiger partial charge on any atom is 0.337 e. The topological polar surface area (TPSA) is 79.2 Å². The van der Waals surface area contributed by atoms with Crippen molar-refractivity contribution in [3.63, 3.8) is 0 Å². The highest BCUT2D eigenvalue weighted by molar-refractivity contribution is 5.91. The Morgan fingerprint density at radius 2 is 1.79 bits per heavy atom. The van der Waals surface area contributed by atoms with Gasteiger partial charge < -0.3 is 24.6 Å². The summed E-state index contributed by atoms with van der Waals surface area (Å²) in [4.78, 5) is 12.8. The molecule has 0 saturated heterocycles. The van der Waals surface area contributed by atoms with Crippen LogP contribution >= 0.6 is 0 Å². The van der Waals surface area contributed by atoms with Crippen molar-refractivity contribution < 1.29 is 24.5 Å². The van der Waals surface area contributed by atoms with Crippen LogP contribution in [0.4, 0.5) is 5.69 Å². The summed E-state index contributed by atoms with van der Waals surface area (Å²) in [6, 6.07) is 4.64. The summed E-state index contributed by atoms with van der Waals surface area (Å²) >= 11 is 0. The molecule has 0 amide bonds. The van der Waals surface area contributed by atoms with Crippen molar-refractivity contribution >= 4 is 11.7 Å². The van der Waals surface area contributed by atoms with Gasteiger partial charge in [-0.1, -0.05) is 0 Å². The van der Waals surface area contributed by atoms with E-state index >= 15 is 0 Å². The predicted octanol–water partition coefficient (Wildman–Crippen LogP) is 0.965. The van der Waals surface area contributed by atoms with Gasteiger partial charge in [-0.05, 0) is 32.0 Å². The van der Waals surface area contributed by atoms with Gasteiger partial charge in [0.05, 0.1) is 25.5 Å². The van der Waals surface area contributed by atoms with Crippen LogP contribution < -0.4 is 9.64 Å². The highest BCUT2D eigenvalue weighted by Crippen LogP contribution is 2.31. The standard InChI is InChI=1S/C13H19NO5/c1-8(15)14(9(2)16)11-7-10(13(17)19-4)5-6-12(11)18-3/h5-9,15-16H,1-4H3. The van der Waals surface area contributed by atoms with E-state index in [0.29, 0.717) is 17.0 Å². The van der Waals surface area contributed by atoms with E-state index in [2.05, 4.69) is 4.74 Å². The number of anilines is 1. The zero-order valence-electron chi connectivity index (χ0n) is 11.5. The molecule has 0 aromatic heterocycles. The lowest BCUT2D eigenvalue weighted by Crippen LogP contribution is -2.40. The number of hydrogen-bond donors (Lipinski definition) is 2. The third-order valence-corrected chi connectivity index (χ3v) is 2.68. The summed E-state index contributed by atoms with van der Waals surface area (Å²) in [5.74, 6) is -0.0607. The highest BCUT2D eigenvalue weighted by Gasteiger charge is 2.22. The maximum absolute atomic E-state index is 11.5. The van der Waals surface area contributed by atoms with Gasteiger partial charge in [-0.3, -0.25) is 0 Å². The van der Waals surface area contributed by atoms with E-state index in [0.717, 1.165) is 0 Å². The lowest BCUT2D eigenvalue weighted by molar-refractivity contribution is 0.0599. The van der Waals surface area contributed by atoms with Crippen molar-refractivity contribution in [1.82, 2.24) is 0 Å². The molecule has 0 radical (unpaired) electrons.